The van der Waals surface area contributed by atoms with Crippen molar-refractivity contribution in [3.05, 3.63) is 12.4 Å². The van der Waals surface area contributed by atoms with Crippen LogP contribution in [0.15, 0.2) is 17.3 Å². The summed E-state index contributed by atoms with van der Waals surface area (Å²) in [4.78, 5) is 0.281. The zero-order chi connectivity index (χ0) is 13.9. The second-order valence-corrected chi connectivity index (χ2v) is 7.56. The maximum atomic E-state index is 12.7. The SMILES string of the molecule is CC(C)CCN(C1CCCC1)S(=O)(=O)c1cn[nH]c1. The van der Waals surface area contributed by atoms with Crippen LogP contribution >= 0.6 is 0 Å². The molecule has 108 valence electrons. The number of hydrogen-bond acceptors (Lipinski definition) is 3. The molecule has 1 fully saturated rings. The summed E-state index contributed by atoms with van der Waals surface area (Å²) in [6.07, 6.45) is 7.98. The molecule has 0 bridgehead atoms. The van der Waals surface area contributed by atoms with E-state index in [-0.39, 0.29) is 10.9 Å². The highest BCUT2D eigenvalue weighted by molar-refractivity contribution is 7.89. The first-order valence-electron chi connectivity index (χ1n) is 7.02. The lowest BCUT2D eigenvalue weighted by Gasteiger charge is -2.28. The van der Waals surface area contributed by atoms with Gasteiger partial charge in [-0.25, -0.2) is 8.42 Å². The van der Waals surface area contributed by atoms with Crippen LogP contribution in [0.4, 0.5) is 0 Å². The molecule has 0 spiro atoms. The van der Waals surface area contributed by atoms with Gasteiger partial charge in [-0.15, -0.1) is 0 Å². The second-order valence-electron chi connectivity index (χ2n) is 5.67. The summed E-state index contributed by atoms with van der Waals surface area (Å²) >= 11 is 0. The van der Waals surface area contributed by atoms with E-state index in [9.17, 15) is 8.42 Å². The molecule has 1 N–H and O–H groups in total. The molecule has 1 heterocycles. The first-order valence-corrected chi connectivity index (χ1v) is 8.46. The minimum atomic E-state index is -3.40. The van der Waals surface area contributed by atoms with Gasteiger partial charge in [-0.05, 0) is 25.2 Å². The number of rotatable bonds is 6. The molecule has 1 aliphatic carbocycles. The van der Waals surface area contributed by atoms with Gasteiger partial charge in [-0.1, -0.05) is 26.7 Å². The maximum absolute atomic E-state index is 12.7. The number of aromatic nitrogens is 2. The number of aromatic amines is 1. The predicted molar refractivity (Wildman–Crippen MR) is 74.2 cm³/mol. The Kier molecular flexibility index (Phi) is 4.62. The van der Waals surface area contributed by atoms with E-state index in [0.29, 0.717) is 12.5 Å². The fourth-order valence-corrected chi connectivity index (χ4v) is 4.20. The molecule has 1 aliphatic rings. The first-order chi connectivity index (χ1) is 9.01. The van der Waals surface area contributed by atoms with E-state index in [1.807, 2.05) is 0 Å². The molecule has 2 rings (SSSR count). The van der Waals surface area contributed by atoms with Crippen molar-refractivity contribution in [1.82, 2.24) is 14.5 Å². The van der Waals surface area contributed by atoms with Gasteiger partial charge in [0.05, 0.1) is 6.20 Å². The van der Waals surface area contributed by atoms with Crippen LogP contribution in [0.3, 0.4) is 0 Å². The predicted octanol–water partition coefficient (Wildman–Crippen LogP) is 2.39. The molecule has 0 radical (unpaired) electrons. The van der Waals surface area contributed by atoms with E-state index in [2.05, 4.69) is 24.0 Å². The van der Waals surface area contributed by atoms with E-state index < -0.39 is 10.0 Å². The highest BCUT2D eigenvalue weighted by Gasteiger charge is 2.33. The van der Waals surface area contributed by atoms with E-state index in [0.717, 1.165) is 32.1 Å². The second kappa shape index (κ2) is 6.05. The Labute approximate surface area is 115 Å². The van der Waals surface area contributed by atoms with E-state index in [1.165, 1.54) is 12.4 Å². The van der Waals surface area contributed by atoms with Gasteiger partial charge in [-0.2, -0.15) is 9.40 Å². The molecule has 19 heavy (non-hydrogen) atoms. The Balaban J connectivity index is 2.20. The molecule has 1 aromatic rings. The van der Waals surface area contributed by atoms with Crippen molar-refractivity contribution in [2.24, 2.45) is 5.92 Å². The number of nitrogens with zero attached hydrogens (tertiary/aromatic N) is 2. The summed E-state index contributed by atoms with van der Waals surface area (Å²) < 4.78 is 27.0. The van der Waals surface area contributed by atoms with Crippen LogP contribution in [0.5, 0.6) is 0 Å². The van der Waals surface area contributed by atoms with Crippen LogP contribution in [0.1, 0.15) is 46.0 Å². The molecule has 6 heteroatoms. The number of hydrogen-bond donors (Lipinski definition) is 1. The summed E-state index contributed by atoms with van der Waals surface area (Å²) in [5.41, 5.74) is 0. The lowest BCUT2D eigenvalue weighted by atomic mass is 10.1. The molecular weight excluding hydrogens is 262 g/mol. The van der Waals surface area contributed by atoms with Gasteiger partial charge >= 0.3 is 0 Å². The van der Waals surface area contributed by atoms with E-state index in [1.54, 1.807) is 4.31 Å². The number of H-pyrrole nitrogens is 1. The lowest BCUT2D eigenvalue weighted by Crippen LogP contribution is -2.39. The maximum Gasteiger partial charge on any atom is 0.246 e. The molecule has 0 unspecified atom stereocenters. The Hall–Kier alpha value is -0.880. The molecule has 0 atom stereocenters. The van der Waals surface area contributed by atoms with Gasteiger partial charge in [-0.3, -0.25) is 5.10 Å². The van der Waals surface area contributed by atoms with Crippen molar-refractivity contribution in [3.63, 3.8) is 0 Å². The molecule has 0 saturated heterocycles. The Morgan fingerprint density at radius 2 is 2.11 bits per heavy atom. The van der Waals surface area contributed by atoms with Crippen LogP contribution < -0.4 is 0 Å². The van der Waals surface area contributed by atoms with Crippen molar-refractivity contribution in [3.8, 4) is 0 Å². The number of sulfonamides is 1. The van der Waals surface area contributed by atoms with Crippen molar-refractivity contribution in [2.45, 2.75) is 56.9 Å². The largest absolute Gasteiger partial charge is 0.284 e. The summed E-state index contributed by atoms with van der Waals surface area (Å²) in [7, 11) is -3.40. The minimum Gasteiger partial charge on any atom is -0.284 e. The van der Waals surface area contributed by atoms with Gasteiger partial charge in [0.15, 0.2) is 0 Å². The van der Waals surface area contributed by atoms with Crippen molar-refractivity contribution in [2.75, 3.05) is 6.54 Å². The average Bonchev–Trinajstić information content (AvgIpc) is 3.02. The topological polar surface area (TPSA) is 66.1 Å². The van der Waals surface area contributed by atoms with Crippen LogP contribution in [-0.4, -0.2) is 35.5 Å². The summed E-state index contributed by atoms with van der Waals surface area (Å²) in [6.45, 7) is 4.85. The van der Waals surface area contributed by atoms with Gasteiger partial charge in [0.2, 0.25) is 10.0 Å². The van der Waals surface area contributed by atoms with Gasteiger partial charge in [0, 0.05) is 18.8 Å². The third-order valence-electron chi connectivity index (χ3n) is 3.74. The highest BCUT2D eigenvalue weighted by atomic mass is 32.2. The molecule has 1 saturated carbocycles. The standard InChI is InChI=1S/C13H23N3O2S/c1-11(2)7-8-16(12-5-3-4-6-12)19(17,18)13-9-14-15-10-13/h9-12H,3-8H2,1-2H3,(H,14,15). The molecular formula is C13H23N3O2S. The van der Waals surface area contributed by atoms with Gasteiger partial charge in [0.1, 0.15) is 4.90 Å². The first kappa shape index (κ1) is 14.5. The van der Waals surface area contributed by atoms with Crippen molar-refractivity contribution < 1.29 is 8.42 Å². The van der Waals surface area contributed by atoms with Crippen LogP contribution in [-0.2, 0) is 10.0 Å². The number of nitrogens with one attached hydrogen (secondary N) is 1. The molecule has 1 aromatic heterocycles. The third-order valence-corrected chi connectivity index (χ3v) is 5.66. The van der Waals surface area contributed by atoms with E-state index >= 15 is 0 Å². The van der Waals surface area contributed by atoms with Crippen LogP contribution in [0.25, 0.3) is 0 Å². The molecule has 5 nitrogen and oxygen atoms in total. The van der Waals surface area contributed by atoms with Crippen molar-refractivity contribution in [1.29, 1.82) is 0 Å². The van der Waals surface area contributed by atoms with Gasteiger partial charge in [0.25, 0.3) is 0 Å². The zero-order valence-corrected chi connectivity index (χ0v) is 12.5. The highest BCUT2D eigenvalue weighted by Crippen LogP contribution is 2.29. The van der Waals surface area contributed by atoms with Gasteiger partial charge < -0.3 is 0 Å². The molecule has 0 aliphatic heterocycles. The van der Waals surface area contributed by atoms with Crippen LogP contribution in [0.2, 0.25) is 0 Å². The Morgan fingerprint density at radius 1 is 1.42 bits per heavy atom. The summed E-state index contributed by atoms with van der Waals surface area (Å²) in [5, 5.41) is 6.35. The summed E-state index contributed by atoms with van der Waals surface area (Å²) in [6, 6.07) is 0.165. The smallest absolute Gasteiger partial charge is 0.246 e. The minimum absolute atomic E-state index is 0.165. The van der Waals surface area contributed by atoms with Crippen LogP contribution in [0, 0.1) is 5.92 Å². The Bertz CT molecular complexity index is 476. The third kappa shape index (κ3) is 3.36. The lowest BCUT2D eigenvalue weighted by molar-refractivity contribution is 0.304. The quantitative estimate of drug-likeness (QED) is 0.872. The van der Waals surface area contributed by atoms with E-state index in [4.69, 9.17) is 0 Å². The monoisotopic (exact) mass is 285 g/mol. The summed E-state index contributed by atoms with van der Waals surface area (Å²) in [5.74, 6) is 0.503. The zero-order valence-electron chi connectivity index (χ0n) is 11.7. The molecule has 0 amide bonds. The fraction of sp³-hybridized carbons (Fsp3) is 0.769. The molecule has 0 aromatic carbocycles. The fourth-order valence-electron chi connectivity index (χ4n) is 2.59. The van der Waals surface area contributed by atoms with Crippen molar-refractivity contribution >= 4 is 10.0 Å². The normalized spacial score (nSPS) is 17.7. The Morgan fingerprint density at radius 3 is 2.63 bits per heavy atom. The average molecular weight is 285 g/mol.